The molecule has 4 N–H and O–H groups in total. The average Bonchev–Trinajstić information content (AvgIpc) is 2.95. The van der Waals surface area contributed by atoms with Crippen LogP contribution in [-0.4, -0.2) is 32.2 Å². The number of quaternary nitrogens is 1. The summed E-state index contributed by atoms with van der Waals surface area (Å²) in [5, 5.41) is 3.22. The Kier molecular flexibility index (Phi) is 12.5. The molecular formula is C31H33ClN2O6. The van der Waals surface area contributed by atoms with Gasteiger partial charge in [0.15, 0.2) is 0 Å². The highest BCUT2D eigenvalue weighted by Gasteiger charge is 2.15. The number of esters is 2. The molecule has 4 rings (SSSR count). The first kappa shape index (κ1) is 31.7. The Morgan fingerprint density at radius 2 is 1.10 bits per heavy atom. The molecule has 4 aromatic rings. The van der Waals surface area contributed by atoms with E-state index in [-0.39, 0.29) is 18.4 Å². The molecule has 0 saturated heterocycles. The second-order valence-electron chi connectivity index (χ2n) is 8.64. The monoisotopic (exact) mass is 564 g/mol. The van der Waals surface area contributed by atoms with Gasteiger partial charge in [-0.1, -0.05) is 36.4 Å². The molecule has 8 nitrogen and oxygen atoms in total. The lowest BCUT2D eigenvalue weighted by molar-refractivity contribution is -0.255. The number of methoxy groups -OCH3 is 2. The third-order valence-corrected chi connectivity index (χ3v) is 5.28. The minimum Gasteiger partial charge on any atom is -1.00 e. The van der Waals surface area contributed by atoms with Crippen LogP contribution in [0.4, 0.5) is 11.4 Å². The number of hydrogen-bond acceptors (Lipinski definition) is 7. The van der Waals surface area contributed by atoms with Gasteiger partial charge in [-0.25, -0.2) is 9.59 Å². The van der Waals surface area contributed by atoms with Crippen LogP contribution < -0.4 is 32.9 Å². The topological polar surface area (TPSA) is 111 Å². The molecule has 0 atom stereocenters. The minimum atomic E-state index is -0.418. The maximum Gasteiger partial charge on any atom is 0.344 e. The van der Waals surface area contributed by atoms with E-state index in [9.17, 15) is 9.59 Å². The summed E-state index contributed by atoms with van der Waals surface area (Å²) in [5.74, 6) is 1.79. The van der Waals surface area contributed by atoms with E-state index < -0.39 is 11.9 Å². The molecule has 0 radical (unpaired) electrons. The first-order chi connectivity index (χ1) is 18.8. The SMILES string of the molecule is COC(=O)c1cc(Oc2ccccc2)ccc1NC(C)C.COC(=O)c1cc(Oc2ccccc2)ccc1[NH3+].[Cl-]. The minimum absolute atomic E-state index is 0. The van der Waals surface area contributed by atoms with Gasteiger partial charge in [-0.15, -0.1) is 0 Å². The van der Waals surface area contributed by atoms with E-state index in [1.54, 1.807) is 24.3 Å². The average molecular weight is 565 g/mol. The zero-order valence-corrected chi connectivity index (χ0v) is 23.6. The number of benzene rings is 4. The number of para-hydroxylation sites is 2. The maximum atomic E-state index is 11.9. The summed E-state index contributed by atoms with van der Waals surface area (Å²) in [4.78, 5) is 23.4. The van der Waals surface area contributed by atoms with E-state index >= 15 is 0 Å². The number of anilines is 1. The van der Waals surface area contributed by atoms with E-state index in [4.69, 9.17) is 14.2 Å². The summed E-state index contributed by atoms with van der Waals surface area (Å²) >= 11 is 0. The Labute approximate surface area is 240 Å². The predicted octanol–water partition coefficient (Wildman–Crippen LogP) is 3.23. The second kappa shape index (κ2) is 15.8. The summed E-state index contributed by atoms with van der Waals surface area (Å²) < 4.78 is 20.9. The van der Waals surface area contributed by atoms with Crippen molar-refractivity contribution in [1.29, 1.82) is 0 Å². The van der Waals surface area contributed by atoms with Gasteiger partial charge in [-0.2, -0.15) is 0 Å². The van der Waals surface area contributed by atoms with E-state index in [0.29, 0.717) is 34.1 Å². The maximum absolute atomic E-state index is 11.9. The van der Waals surface area contributed by atoms with E-state index in [1.165, 1.54) is 14.2 Å². The molecule has 0 heterocycles. The van der Waals surface area contributed by atoms with Crippen LogP contribution >= 0.6 is 0 Å². The molecule has 0 aliphatic carbocycles. The summed E-state index contributed by atoms with van der Waals surface area (Å²) in [6.07, 6.45) is 0. The number of hydrogen-bond donors (Lipinski definition) is 2. The summed E-state index contributed by atoms with van der Waals surface area (Å²) in [5.41, 5.74) is 5.99. The van der Waals surface area contributed by atoms with Crippen LogP contribution in [0.1, 0.15) is 34.6 Å². The Balaban J connectivity index is 0.000000276. The van der Waals surface area contributed by atoms with Crippen molar-refractivity contribution in [3.8, 4) is 23.0 Å². The zero-order chi connectivity index (χ0) is 28.2. The Morgan fingerprint density at radius 3 is 1.57 bits per heavy atom. The zero-order valence-electron chi connectivity index (χ0n) is 22.8. The molecule has 0 bridgehead atoms. The quantitative estimate of drug-likeness (QED) is 0.316. The normalized spacial score (nSPS) is 9.85. The van der Waals surface area contributed by atoms with Crippen LogP contribution in [0.3, 0.4) is 0 Å². The lowest BCUT2D eigenvalue weighted by atomic mass is 10.1. The van der Waals surface area contributed by atoms with Crippen LogP contribution in [-0.2, 0) is 9.47 Å². The molecule has 0 spiro atoms. The van der Waals surface area contributed by atoms with Crippen LogP contribution in [0.25, 0.3) is 0 Å². The molecule has 40 heavy (non-hydrogen) atoms. The molecule has 0 aromatic heterocycles. The molecule has 0 fully saturated rings. The number of halogens is 1. The fraction of sp³-hybridized carbons (Fsp3) is 0.161. The Morgan fingerprint density at radius 1 is 0.650 bits per heavy atom. The molecule has 4 aromatic carbocycles. The van der Waals surface area contributed by atoms with E-state index in [0.717, 1.165) is 11.4 Å². The third kappa shape index (κ3) is 9.34. The highest BCUT2D eigenvalue weighted by atomic mass is 35.5. The van der Waals surface area contributed by atoms with Gasteiger partial charge >= 0.3 is 11.9 Å². The molecule has 0 aliphatic heterocycles. The van der Waals surface area contributed by atoms with Crippen LogP contribution in [0.15, 0.2) is 97.1 Å². The number of rotatable bonds is 8. The second-order valence-corrected chi connectivity index (χ2v) is 8.64. The van der Waals surface area contributed by atoms with Crippen LogP contribution in [0.5, 0.6) is 23.0 Å². The first-order valence-electron chi connectivity index (χ1n) is 12.3. The van der Waals surface area contributed by atoms with Gasteiger partial charge in [-0.05, 0) is 62.4 Å². The lowest BCUT2D eigenvalue weighted by Gasteiger charge is -2.15. The van der Waals surface area contributed by atoms with Gasteiger partial charge in [0.1, 0.15) is 34.2 Å². The fourth-order valence-corrected chi connectivity index (χ4v) is 3.47. The summed E-state index contributed by atoms with van der Waals surface area (Å²) in [7, 11) is 2.71. The molecule has 9 heteroatoms. The third-order valence-electron chi connectivity index (χ3n) is 5.28. The van der Waals surface area contributed by atoms with Crippen molar-refractivity contribution >= 4 is 23.3 Å². The molecule has 0 amide bonds. The molecule has 0 saturated carbocycles. The Hall–Kier alpha value is -4.53. The number of carbonyl (C=O) groups excluding carboxylic acids is 2. The smallest absolute Gasteiger partial charge is 0.344 e. The lowest BCUT2D eigenvalue weighted by Crippen LogP contribution is -3.00. The Bertz CT molecular complexity index is 1380. The summed E-state index contributed by atoms with van der Waals surface area (Å²) in [6, 6.07) is 29.5. The molecule has 0 aliphatic rings. The van der Waals surface area contributed by atoms with Crippen molar-refractivity contribution in [2.45, 2.75) is 19.9 Å². The predicted molar refractivity (Wildman–Crippen MR) is 150 cm³/mol. The van der Waals surface area contributed by atoms with Gasteiger partial charge in [-0.3, -0.25) is 0 Å². The van der Waals surface area contributed by atoms with Gasteiger partial charge in [0.05, 0.1) is 19.8 Å². The van der Waals surface area contributed by atoms with Gasteiger partial charge in [0.2, 0.25) is 0 Å². The van der Waals surface area contributed by atoms with Crippen molar-refractivity contribution in [2.24, 2.45) is 0 Å². The van der Waals surface area contributed by atoms with Crippen LogP contribution in [0.2, 0.25) is 0 Å². The fourth-order valence-electron chi connectivity index (χ4n) is 3.47. The van der Waals surface area contributed by atoms with Crippen molar-refractivity contribution in [3.05, 3.63) is 108 Å². The van der Waals surface area contributed by atoms with Gasteiger partial charge in [0, 0.05) is 23.9 Å². The van der Waals surface area contributed by atoms with E-state index in [2.05, 4.69) is 15.8 Å². The number of ether oxygens (including phenoxy) is 4. The molecule has 0 unspecified atom stereocenters. The van der Waals surface area contributed by atoms with Gasteiger partial charge < -0.3 is 42.4 Å². The van der Waals surface area contributed by atoms with Crippen molar-refractivity contribution in [3.63, 3.8) is 0 Å². The molecular weight excluding hydrogens is 532 g/mol. The van der Waals surface area contributed by atoms with Crippen molar-refractivity contribution in [1.82, 2.24) is 0 Å². The van der Waals surface area contributed by atoms with Crippen molar-refractivity contribution < 1.29 is 46.7 Å². The summed E-state index contributed by atoms with van der Waals surface area (Å²) in [6.45, 7) is 4.02. The highest BCUT2D eigenvalue weighted by Crippen LogP contribution is 2.28. The standard InChI is InChI=1S/C17H19NO3.C14H13NO3.ClH/c1-12(2)18-16-10-9-14(11-15(16)17(19)20-3)21-13-7-5-4-6-8-13;1-17-14(16)12-9-11(7-8-13(12)15)18-10-5-3-2-4-6-10;/h4-12,18H,1-3H3;2-9H,15H2,1H3;1H. The van der Waals surface area contributed by atoms with E-state index in [1.807, 2.05) is 86.6 Å². The van der Waals surface area contributed by atoms with Gasteiger partial charge in [0.25, 0.3) is 0 Å². The first-order valence-corrected chi connectivity index (χ1v) is 12.3. The highest BCUT2D eigenvalue weighted by molar-refractivity contribution is 5.96. The number of nitrogens with one attached hydrogen (secondary N) is 1. The largest absolute Gasteiger partial charge is 1.00 e. The van der Waals surface area contributed by atoms with Crippen molar-refractivity contribution in [2.75, 3.05) is 19.5 Å². The van der Waals surface area contributed by atoms with Crippen LogP contribution in [0, 0.1) is 0 Å². The molecule has 210 valence electrons. The number of carbonyl (C=O) groups is 2.